The van der Waals surface area contributed by atoms with Crippen LogP contribution in [0.25, 0.3) is 0 Å². The number of aliphatic hydroxyl groups excluding tert-OH is 3. The third kappa shape index (κ3) is 5.73. The van der Waals surface area contributed by atoms with E-state index in [2.05, 4.69) is 14.8 Å². The highest BCUT2D eigenvalue weighted by Gasteiger charge is 2.46. The molecular formula is C10H17NO10S. The Hall–Kier alpha value is -1.47. The Morgan fingerprint density at radius 2 is 2.05 bits per heavy atom. The Labute approximate surface area is 125 Å². The number of esters is 1. The Balaban J connectivity index is 2.25. The fourth-order valence-corrected chi connectivity index (χ4v) is 2.16. The molecule has 22 heavy (non-hydrogen) atoms. The van der Waals surface area contributed by atoms with Crippen molar-refractivity contribution >= 4 is 22.2 Å². The smallest absolute Gasteiger partial charge is 0.407 e. The molecule has 12 heteroatoms. The van der Waals surface area contributed by atoms with Gasteiger partial charge in [-0.1, -0.05) is 0 Å². The van der Waals surface area contributed by atoms with Gasteiger partial charge in [0, 0.05) is 6.54 Å². The van der Waals surface area contributed by atoms with E-state index in [1.165, 1.54) is 0 Å². The summed E-state index contributed by atoms with van der Waals surface area (Å²) in [6.07, 6.45) is -7.39. The lowest BCUT2D eigenvalue weighted by atomic mass is 10.1. The Kier molecular flexibility index (Phi) is 6.49. The molecule has 0 saturated carbocycles. The molecule has 1 fully saturated rings. The normalized spacial score (nSPS) is 26.4. The quantitative estimate of drug-likeness (QED) is 0.181. The van der Waals surface area contributed by atoms with E-state index in [-0.39, 0.29) is 13.0 Å². The molecule has 1 saturated heterocycles. The van der Waals surface area contributed by atoms with Crippen LogP contribution in [0.2, 0.25) is 0 Å². The van der Waals surface area contributed by atoms with Crippen LogP contribution in [0.3, 0.4) is 0 Å². The first-order valence-electron chi connectivity index (χ1n) is 6.22. The second-order valence-corrected chi connectivity index (χ2v) is 6.14. The summed E-state index contributed by atoms with van der Waals surface area (Å²) in [6, 6.07) is 0. The van der Waals surface area contributed by atoms with Gasteiger partial charge in [-0.2, -0.15) is 8.42 Å². The maximum absolute atomic E-state index is 11.2. The van der Waals surface area contributed by atoms with Gasteiger partial charge in [0.25, 0.3) is 10.1 Å². The summed E-state index contributed by atoms with van der Waals surface area (Å²) in [7, 11) is -4.11. The predicted octanol–water partition coefficient (Wildman–Crippen LogP) is -3.00. The van der Waals surface area contributed by atoms with Crippen molar-refractivity contribution in [1.29, 1.82) is 0 Å². The summed E-state index contributed by atoms with van der Waals surface area (Å²) in [4.78, 5) is 22.2. The molecule has 1 heterocycles. The van der Waals surface area contributed by atoms with Crippen LogP contribution in [0.15, 0.2) is 0 Å². The average Bonchev–Trinajstić information content (AvgIpc) is 2.67. The van der Waals surface area contributed by atoms with Gasteiger partial charge >= 0.3 is 12.1 Å². The molecule has 1 aliphatic rings. The van der Waals surface area contributed by atoms with Crippen molar-refractivity contribution in [3.63, 3.8) is 0 Å². The first-order chi connectivity index (χ1) is 10.1. The SMILES string of the molecule is O=C(NCCCS(=O)(=O)O)OCC(O)C1OC(=O)C(O)C1O. The van der Waals surface area contributed by atoms with Crippen LogP contribution in [0, 0.1) is 0 Å². The summed E-state index contributed by atoms with van der Waals surface area (Å²) in [6.45, 7) is -0.708. The minimum Gasteiger partial charge on any atom is -0.455 e. The number of amides is 1. The van der Waals surface area contributed by atoms with Gasteiger partial charge in [0.05, 0.1) is 5.75 Å². The fraction of sp³-hybridized carbons (Fsp3) is 0.800. The fourth-order valence-electron chi connectivity index (χ4n) is 1.65. The second kappa shape index (κ2) is 7.69. The summed E-state index contributed by atoms with van der Waals surface area (Å²) < 4.78 is 38.4. The minimum absolute atomic E-state index is 0.0400. The summed E-state index contributed by atoms with van der Waals surface area (Å²) >= 11 is 0. The standard InChI is InChI=1S/C10H17NO10S/c12-5(8-6(13)7(14)9(15)21-8)4-20-10(16)11-2-1-3-22(17,18)19/h5-8,12-14H,1-4H2,(H,11,16)(H,17,18,19). The largest absolute Gasteiger partial charge is 0.455 e. The zero-order chi connectivity index (χ0) is 16.9. The van der Waals surface area contributed by atoms with E-state index in [1.807, 2.05) is 0 Å². The molecule has 1 rings (SSSR count). The number of alkyl carbamates (subject to hydrolysis) is 1. The van der Waals surface area contributed by atoms with Crippen LogP contribution in [0.1, 0.15) is 6.42 Å². The highest BCUT2D eigenvalue weighted by molar-refractivity contribution is 7.85. The van der Waals surface area contributed by atoms with Gasteiger partial charge in [-0.05, 0) is 6.42 Å². The Morgan fingerprint density at radius 1 is 1.41 bits per heavy atom. The van der Waals surface area contributed by atoms with Crippen LogP contribution in [-0.2, 0) is 24.4 Å². The van der Waals surface area contributed by atoms with Gasteiger partial charge in [-0.3, -0.25) is 4.55 Å². The lowest BCUT2D eigenvalue weighted by Gasteiger charge is -2.19. The minimum atomic E-state index is -4.11. The van der Waals surface area contributed by atoms with E-state index in [1.54, 1.807) is 0 Å². The molecule has 0 radical (unpaired) electrons. The number of carbonyl (C=O) groups is 2. The first kappa shape index (κ1) is 18.6. The third-order valence-corrected chi connectivity index (χ3v) is 3.57. The van der Waals surface area contributed by atoms with E-state index in [0.717, 1.165) is 0 Å². The van der Waals surface area contributed by atoms with Crippen LogP contribution in [0.4, 0.5) is 4.79 Å². The lowest BCUT2D eigenvalue weighted by molar-refractivity contribution is -0.151. The zero-order valence-electron chi connectivity index (χ0n) is 11.3. The molecule has 0 spiro atoms. The summed E-state index contributed by atoms with van der Waals surface area (Å²) in [5.41, 5.74) is 0. The molecule has 0 aromatic rings. The molecule has 5 N–H and O–H groups in total. The van der Waals surface area contributed by atoms with Gasteiger partial charge in [-0.25, -0.2) is 9.59 Å². The highest BCUT2D eigenvalue weighted by Crippen LogP contribution is 2.19. The van der Waals surface area contributed by atoms with Gasteiger partial charge < -0.3 is 30.1 Å². The molecule has 11 nitrogen and oxygen atoms in total. The molecule has 1 amide bonds. The molecule has 0 bridgehead atoms. The van der Waals surface area contributed by atoms with Gasteiger partial charge in [0.1, 0.15) is 18.8 Å². The molecule has 0 aromatic carbocycles. The highest BCUT2D eigenvalue weighted by atomic mass is 32.2. The second-order valence-electron chi connectivity index (χ2n) is 4.57. The van der Waals surface area contributed by atoms with Crippen molar-refractivity contribution in [1.82, 2.24) is 5.32 Å². The molecule has 4 unspecified atom stereocenters. The number of rotatable bonds is 7. The van der Waals surface area contributed by atoms with Crippen molar-refractivity contribution in [2.45, 2.75) is 30.8 Å². The molecule has 0 aliphatic carbocycles. The maximum Gasteiger partial charge on any atom is 0.407 e. The van der Waals surface area contributed by atoms with Crippen LogP contribution >= 0.6 is 0 Å². The Bertz CT molecular complexity index is 506. The van der Waals surface area contributed by atoms with Crippen molar-refractivity contribution in [3.05, 3.63) is 0 Å². The summed E-state index contributed by atoms with van der Waals surface area (Å²) in [5.74, 6) is -1.62. The van der Waals surface area contributed by atoms with Crippen molar-refractivity contribution in [3.8, 4) is 0 Å². The van der Waals surface area contributed by atoms with E-state index < -0.39 is 59.0 Å². The topological polar surface area (TPSA) is 180 Å². The van der Waals surface area contributed by atoms with Gasteiger partial charge in [0.2, 0.25) is 0 Å². The number of cyclic esters (lactones) is 1. The van der Waals surface area contributed by atoms with Gasteiger partial charge in [0.15, 0.2) is 12.2 Å². The predicted molar refractivity (Wildman–Crippen MR) is 68.3 cm³/mol. The third-order valence-electron chi connectivity index (χ3n) is 2.77. The van der Waals surface area contributed by atoms with E-state index in [9.17, 15) is 28.2 Å². The molecular weight excluding hydrogens is 326 g/mol. The Morgan fingerprint density at radius 3 is 2.55 bits per heavy atom. The van der Waals surface area contributed by atoms with Crippen LogP contribution in [0.5, 0.6) is 0 Å². The number of hydrogen-bond acceptors (Lipinski definition) is 9. The molecule has 0 aromatic heterocycles. The van der Waals surface area contributed by atoms with Crippen molar-refractivity contribution < 1.29 is 47.4 Å². The number of aliphatic hydroxyl groups is 3. The molecule has 4 atom stereocenters. The zero-order valence-corrected chi connectivity index (χ0v) is 12.1. The van der Waals surface area contributed by atoms with E-state index in [0.29, 0.717) is 0 Å². The van der Waals surface area contributed by atoms with E-state index >= 15 is 0 Å². The average molecular weight is 343 g/mol. The lowest BCUT2D eigenvalue weighted by Crippen LogP contribution is -2.42. The summed E-state index contributed by atoms with van der Waals surface area (Å²) in [5, 5.41) is 30.3. The van der Waals surface area contributed by atoms with Gasteiger partial charge in [-0.15, -0.1) is 0 Å². The monoisotopic (exact) mass is 343 g/mol. The molecule has 128 valence electrons. The van der Waals surface area contributed by atoms with Crippen LogP contribution < -0.4 is 5.32 Å². The number of nitrogens with one attached hydrogen (secondary N) is 1. The van der Waals surface area contributed by atoms with Crippen molar-refractivity contribution in [2.24, 2.45) is 0 Å². The van der Waals surface area contributed by atoms with Crippen LogP contribution in [-0.4, -0.2) is 83.7 Å². The number of carbonyl (C=O) groups excluding carboxylic acids is 2. The van der Waals surface area contributed by atoms with E-state index in [4.69, 9.17) is 9.66 Å². The maximum atomic E-state index is 11.2. The van der Waals surface area contributed by atoms with Crippen molar-refractivity contribution in [2.75, 3.05) is 18.9 Å². The first-order valence-corrected chi connectivity index (χ1v) is 7.83. The molecule has 1 aliphatic heterocycles. The number of hydrogen-bond donors (Lipinski definition) is 5. The number of ether oxygens (including phenoxy) is 2.